The minimum absolute atomic E-state index is 1.04. The van der Waals surface area contributed by atoms with E-state index in [0.717, 1.165) is 30.2 Å². The van der Waals surface area contributed by atoms with Crippen molar-refractivity contribution in [3.8, 4) is 0 Å². The molecule has 0 aromatic heterocycles. The number of benzene rings is 3. The van der Waals surface area contributed by atoms with Crippen molar-refractivity contribution in [2.24, 2.45) is 0 Å². The first-order valence-electron chi connectivity index (χ1n) is 12.1. The molecule has 1 nitrogen and oxygen atoms in total. The van der Waals surface area contributed by atoms with Crippen LogP contribution in [0.5, 0.6) is 0 Å². The molecular weight excluding hydrogens is 478 g/mol. The van der Waals surface area contributed by atoms with E-state index in [1.54, 1.807) is 0 Å². The van der Waals surface area contributed by atoms with Crippen LogP contribution in [-0.2, 0) is 0 Å². The van der Waals surface area contributed by atoms with E-state index in [2.05, 4.69) is 132 Å². The van der Waals surface area contributed by atoms with Crippen LogP contribution >= 0.6 is 15.9 Å². The largest absolute Gasteiger partial charge is 0.314 e. The molecule has 0 spiro atoms. The second kappa shape index (κ2) is 10.0. The molecule has 0 unspecified atom stereocenters. The third-order valence-corrected chi connectivity index (χ3v) is 7.30. The molecular formula is C32H30BrN. The molecule has 3 aromatic rings. The lowest BCUT2D eigenvalue weighted by Gasteiger charge is -2.30. The van der Waals surface area contributed by atoms with E-state index in [1.165, 1.54) is 50.5 Å². The fourth-order valence-electron chi connectivity index (χ4n) is 4.76. The van der Waals surface area contributed by atoms with Crippen LogP contribution in [0.25, 0.3) is 5.57 Å². The second-order valence-corrected chi connectivity index (χ2v) is 10.2. The van der Waals surface area contributed by atoms with Crippen molar-refractivity contribution in [1.82, 2.24) is 0 Å². The highest BCUT2D eigenvalue weighted by Gasteiger charge is 2.19. The average molecular weight is 509 g/mol. The topological polar surface area (TPSA) is 3.24 Å². The van der Waals surface area contributed by atoms with Crippen molar-refractivity contribution >= 4 is 32.9 Å². The fraction of sp³-hybridized carbons (Fsp3) is 0.188. The summed E-state index contributed by atoms with van der Waals surface area (Å²) >= 11 is 3.53. The Morgan fingerprint density at radius 1 is 0.529 bits per heavy atom. The zero-order valence-electron chi connectivity index (χ0n) is 19.9. The lowest BCUT2D eigenvalue weighted by Crippen LogP contribution is -2.18. The molecule has 5 rings (SSSR count). The average Bonchev–Trinajstić information content (AvgIpc) is 2.88. The Bertz CT molecular complexity index is 1240. The number of allylic oxidation sites excluding steroid dienone is 8. The van der Waals surface area contributed by atoms with Gasteiger partial charge in [-0.15, -0.1) is 0 Å². The Kier molecular flexibility index (Phi) is 6.69. The smallest absolute Gasteiger partial charge is 0.0458 e. The summed E-state index contributed by atoms with van der Waals surface area (Å²) in [6, 6.07) is 26.4. The number of nitrogens with zero attached hydrogens (tertiary/aromatic N) is 1. The van der Waals surface area contributed by atoms with Gasteiger partial charge in [0.15, 0.2) is 0 Å². The third-order valence-electron chi connectivity index (χ3n) is 6.78. The summed E-state index contributed by atoms with van der Waals surface area (Å²) in [7, 11) is 0. The molecule has 170 valence electrons. The van der Waals surface area contributed by atoms with Crippen LogP contribution in [0, 0.1) is 13.8 Å². The first kappa shape index (κ1) is 22.7. The number of hydrogen-bond donors (Lipinski definition) is 0. The maximum absolute atomic E-state index is 3.53. The standard InChI is InChI=1S/C32H30BrN/c1-23-3-17-30(18-4-23)34(31-19-5-24(2)6-20-31)32-21-13-28(14-22-32)26-9-7-25(8-10-26)27-11-15-29(33)16-12-27/h3-7,9,11-13,15-21H,8,10,14,22H2,1-2H3. The molecule has 0 amide bonds. The molecule has 2 heteroatoms. The molecule has 2 aliphatic carbocycles. The molecule has 0 saturated carbocycles. The van der Waals surface area contributed by atoms with Crippen LogP contribution in [0.1, 0.15) is 42.4 Å². The Balaban J connectivity index is 1.42. The molecule has 0 aliphatic heterocycles. The van der Waals surface area contributed by atoms with Crippen molar-refractivity contribution in [3.63, 3.8) is 0 Å². The first-order chi connectivity index (χ1) is 16.6. The maximum Gasteiger partial charge on any atom is 0.0458 e. The summed E-state index contributed by atoms with van der Waals surface area (Å²) in [6.45, 7) is 4.28. The number of aryl methyl sites for hydroxylation is 2. The van der Waals surface area contributed by atoms with E-state index >= 15 is 0 Å². The molecule has 0 heterocycles. The van der Waals surface area contributed by atoms with Crippen molar-refractivity contribution in [3.05, 3.63) is 135 Å². The van der Waals surface area contributed by atoms with Crippen molar-refractivity contribution in [2.45, 2.75) is 39.5 Å². The summed E-state index contributed by atoms with van der Waals surface area (Å²) in [5, 5.41) is 0. The van der Waals surface area contributed by atoms with E-state index in [1.807, 2.05) is 0 Å². The van der Waals surface area contributed by atoms with Crippen LogP contribution < -0.4 is 4.90 Å². The maximum atomic E-state index is 3.53. The first-order valence-corrected chi connectivity index (χ1v) is 12.9. The Morgan fingerprint density at radius 3 is 1.47 bits per heavy atom. The highest BCUT2D eigenvalue weighted by molar-refractivity contribution is 9.10. The number of halogens is 1. The van der Waals surface area contributed by atoms with Gasteiger partial charge in [0.25, 0.3) is 0 Å². The van der Waals surface area contributed by atoms with Crippen LogP contribution in [0.4, 0.5) is 11.4 Å². The van der Waals surface area contributed by atoms with Gasteiger partial charge in [-0.05, 0) is 104 Å². The minimum Gasteiger partial charge on any atom is -0.314 e. The Labute approximate surface area is 212 Å². The van der Waals surface area contributed by atoms with E-state index < -0.39 is 0 Å². The molecule has 2 aliphatic rings. The highest BCUT2D eigenvalue weighted by atomic mass is 79.9. The molecule has 0 bridgehead atoms. The number of rotatable bonds is 5. The van der Waals surface area contributed by atoms with Crippen molar-refractivity contribution in [2.75, 3.05) is 4.90 Å². The Hall–Kier alpha value is -3.10. The molecule has 0 radical (unpaired) electrons. The lowest BCUT2D eigenvalue weighted by molar-refractivity contribution is 0.854. The van der Waals surface area contributed by atoms with Gasteiger partial charge in [0.1, 0.15) is 0 Å². The van der Waals surface area contributed by atoms with E-state index in [-0.39, 0.29) is 0 Å². The molecule has 3 aromatic carbocycles. The molecule has 0 saturated heterocycles. The Morgan fingerprint density at radius 2 is 1.00 bits per heavy atom. The van der Waals surface area contributed by atoms with Crippen LogP contribution in [0.3, 0.4) is 0 Å². The molecule has 34 heavy (non-hydrogen) atoms. The zero-order chi connectivity index (χ0) is 23.5. The third kappa shape index (κ3) is 5.03. The minimum atomic E-state index is 1.04. The number of anilines is 2. The predicted octanol–water partition coefficient (Wildman–Crippen LogP) is 9.61. The van der Waals surface area contributed by atoms with E-state index in [4.69, 9.17) is 0 Å². The van der Waals surface area contributed by atoms with Gasteiger partial charge in [-0.25, -0.2) is 0 Å². The van der Waals surface area contributed by atoms with Gasteiger partial charge >= 0.3 is 0 Å². The normalized spacial score (nSPS) is 15.7. The summed E-state index contributed by atoms with van der Waals surface area (Å²) in [6.07, 6.45) is 13.6. The van der Waals surface area contributed by atoms with Crippen LogP contribution in [0.2, 0.25) is 0 Å². The van der Waals surface area contributed by atoms with E-state index in [0.29, 0.717) is 0 Å². The number of hydrogen-bond acceptors (Lipinski definition) is 1. The second-order valence-electron chi connectivity index (χ2n) is 9.25. The molecule has 0 fully saturated rings. The van der Waals surface area contributed by atoms with Gasteiger partial charge in [0, 0.05) is 21.5 Å². The van der Waals surface area contributed by atoms with Gasteiger partial charge < -0.3 is 4.90 Å². The van der Waals surface area contributed by atoms with Gasteiger partial charge in [-0.2, -0.15) is 0 Å². The predicted molar refractivity (Wildman–Crippen MR) is 149 cm³/mol. The van der Waals surface area contributed by atoms with Gasteiger partial charge in [0.05, 0.1) is 0 Å². The van der Waals surface area contributed by atoms with Crippen LogP contribution in [0.15, 0.2) is 118 Å². The zero-order valence-corrected chi connectivity index (χ0v) is 21.5. The van der Waals surface area contributed by atoms with E-state index in [9.17, 15) is 0 Å². The molecule has 0 N–H and O–H groups in total. The van der Waals surface area contributed by atoms with Crippen molar-refractivity contribution in [1.29, 1.82) is 0 Å². The SMILES string of the molecule is Cc1ccc(N(C2=CC=C(C3=CC=C(c4ccc(Br)cc4)CC3)CC2)c2ccc(C)cc2)cc1. The summed E-state index contributed by atoms with van der Waals surface area (Å²) < 4.78 is 1.13. The summed E-state index contributed by atoms with van der Waals surface area (Å²) in [4.78, 5) is 2.41. The molecule has 0 atom stereocenters. The van der Waals surface area contributed by atoms with Crippen molar-refractivity contribution < 1.29 is 0 Å². The summed E-state index contributed by atoms with van der Waals surface area (Å²) in [5.74, 6) is 0. The van der Waals surface area contributed by atoms with Gasteiger partial charge in [0.2, 0.25) is 0 Å². The monoisotopic (exact) mass is 507 g/mol. The fourth-order valence-corrected chi connectivity index (χ4v) is 5.02. The van der Waals surface area contributed by atoms with Gasteiger partial charge in [-0.3, -0.25) is 0 Å². The van der Waals surface area contributed by atoms with Gasteiger partial charge in [-0.1, -0.05) is 81.7 Å². The lowest BCUT2D eigenvalue weighted by atomic mass is 9.86. The highest BCUT2D eigenvalue weighted by Crippen LogP contribution is 2.38. The quantitative estimate of drug-likeness (QED) is 0.332. The van der Waals surface area contributed by atoms with Crippen LogP contribution in [-0.4, -0.2) is 0 Å². The summed E-state index contributed by atoms with van der Waals surface area (Å²) in [5.41, 5.74) is 12.1.